The first kappa shape index (κ1) is 13.6. The number of carbonyl (C=O) groups excluding carboxylic acids is 1. The number of benzene rings is 1. The van der Waals surface area contributed by atoms with E-state index in [1.165, 1.54) is 0 Å². The normalized spacial score (nSPS) is 11.2. The van der Waals surface area contributed by atoms with Crippen LogP contribution < -0.4 is 11.1 Å². The Morgan fingerprint density at radius 2 is 2.00 bits per heavy atom. The number of nitrogens with one attached hydrogen (secondary N) is 1. The molecule has 0 heterocycles. The minimum absolute atomic E-state index is 0.0290. The Hall–Kier alpha value is -1.51. The number of amides is 1. The molecule has 0 fully saturated rings. The third kappa shape index (κ3) is 4.47. The third-order valence-corrected chi connectivity index (χ3v) is 2.76. The van der Waals surface area contributed by atoms with E-state index in [4.69, 9.17) is 5.73 Å². The molecule has 17 heavy (non-hydrogen) atoms. The summed E-state index contributed by atoms with van der Waals surface area (Å²) in [4.78, 5) is 11.9. The van der Waals surface area contributed by atoms with Gasteiger partial charge in [-0.15, -0.1) is 0 Å². The number of hydrogen-bond donors (Lipinski definition) is 2. The quantitative estimate of drug-likeness (QED) is 0.769. The number of carbonyl (C=O) groups is 1. The van der Waals surface area contributed by atoms with Crippen LogP contribution in [0.3, 0.4) is 0 Å². The van der Waals surface area contributed by atoms with Gasteiger partial charge in [0.1, 0.15) is 0 Å². The average molecular weight is 234 g/mol. The first-order valence-corrected chi connectivity index (χ1v) is 6.09. The van der Waals surface area contributed by atoms with Gasteiger partial charge < -0.3 is 11.1 Å². The van der Waals surface area contributed by atoms with Gasteiger partial charge in [0.05, 0.1) is 6.42 Å². The molecule has 0 aliphatic rings. The van der Waals surface area contributed by atoms with Crippen LogP contribution >= 0.6 is 0 Å². The second kappa shape index (κ2) is 5.71. The molecule has 3 N–H and O–H groups in total. The van der Waals surface area contributed by atoms with Gasteiger partial charge in [0.25, 0.3) is 0 Å². The van der Waals surface area contributed by atoms with E-state index in [1.807, 2.05) is 38.1 Å². The first-order valence-electron chi connectivity index (χ1n) is 6.09. The van der Waals surface area contributed by atoms with Crippen molar-refractivity contribution in [3.05, 3.63) is 29.8 Å². The Balaban J connectivity index is 2.59. The van der Waals surface area contributed by atoms with E-state index in [0.29, 0.717) is 12.1 Å². The van der Waals surface area contributed by atoms with Gasteiger partial charge in [-0.1, -0.05) is 31.5 Å². The monoisotopic (exact) mass is 234 g/mol. The van der Waals surface area contributed by atoms with Crippen molar-refractivity contribution >= 4 is 11.6 Å². The molecule has 0 atom stereocenters. The van der Waals surface area contributed by atoms with Crippen molar-refractivity contribution in [2.75, 3.05) is 5.73 Å². The number of hydrogen-bond acceptors (Lipinski definition) is 2. The molecule has 1 amide bonds. The average Bonchev–Trinajstić information content (AvgIpc) is 2.20. The highest BCUT2D eigenvalue weighted by atomic mass is 16.1. The third-order valence-electron chi connectivity index (χ3n) is 2.76. The van der Waals surface area contributed by atoms with Crippen LogP contribution in [0.1, 0.15) is 39.2 Å². The number of nitrogens with two attached hydrogens (primary N) is 1. The topological polar surface area (TPSA) is 55.1 Å². The highest BCUT2D eigenvalue weighted by Gasteiger charge is 2.19. The van der Waals surface area contributed by atoms with E-state index in [9.17, 15) is 4.79 Å². The predicted molar refractivity (Wildman–Crippen MR) is 71.7 cm³/mol. The van der Waals surface area contributed by atoms with E-state index in [1.54, 1.807) is 0 Å². The molecule has 1 aromatic rings. The van der Waals surface area contributed by atoms with Crippen LogP contribution in [-0.4, -0.2) is 11.4 Å². The van der Waals surface area contributed by atoms with Gasteiger partial charge in [-0.3, -0.25) is 4.79 Å². The molecule has 0 radical (unpaired) electrons. The molecule has 1 rings (SSSR count). The number of nitrogen functional groups attached to an aromatic ring is 1. The predicted octanol–water partition coefficient (Wildman–Crippen LogP) is 2.51. The smallest absolute Gasteiger partial charge is 0.224 e. The lowest BCUT2D eigenvalue weighted by Crippen LogP contribution is -2.44. The molecule has 0 spiro atoms. The molecule has 0 aliphatic carbocycles. The molecule has 0 aromatic heterocycles. The lowest BCUT2D eigenvalue weighted by molar-refractivity contribution is -0.122. The molecule has 3 heteroatoms. The first-order chi connectivity index (χ1) is 7.94. The van der Waals surface area contributed by atoms with Crippen LogP contribution in [0.2, 0.25) is 0 Å². The maximum absolute atomic E-state index is 11.9. The van der Waals surface area contributed by atoms with Crippen LogP contribution in [0.4, 0.5) is 5.69 Å². The van der Waals surface area contributed by atoms with Crippen molar-refractivity contribution in [3.8, 4) is 0 Å². The van der Waals surface area contributed by atoms with Crippen molar-refractivity contribution in [2.45, 2.75) is 45.6 Å². The summed E-state index contributed by atoms with van der Waals surface area (Å²) >= 11 is 0. The number of rotatable bonds is 5. The summed E-state index contributed by atoms with van der Waals surface area (Å²) in [6.45, 7) is 6.20. The fourth-order valence-electron chi connectivity index (χ4n) is 1.98. The minimum Gasteiger partial charge on any atom is -0.398 e. The van der Waals surface area contributed by atoms with Crippen LogP contribution in [0, 0.1) is 0 Å². The zero-order valence-corrected chi connectivity index (χ0v) is 10.9. The van der Waals surface area contributed by atoms with Crippen LogP contribution in [0.5, 0.6) is 0 Å². The van der Waals surface area contributed by atoms with Gasteiger partial charge in [-0.2, -0.15) is 0 Å². The molecule has 3 nitrogen and oxygen atoms in total. The maximum Gasteiger partial charge on any atom is 0.224 e. The van der Waals surface area contributed by atoms with Crippen LogP contribution in [-0.2, 0) is 11.2 Å². The molecular weight excluding hydrogens is 212 g/mol. The van der Waals surface area contributed by atoms with Gasteiger partial charge in [0.2, 0.25) is 5.91 Å². The van der Waals surface area contributed by atoms with Crippen molar-refractivity contribution in [1.82, 2.24) is 5.32 Å². The van der Waals surface area contributed by atoms with E-state index in [2.05, 4.69) is 12.2 Å². The summed E-state index contributed by atoms with van der Waals surface area (Å²) in [5, 5.41) is 3.04. The Morgan fingerprint density at radius 1 is 1.35 bits per heavy atom. The second-order valence-electron chi connectivity index (χ2n) is 5.06. The second-order valence-corrected chi connectivity index (χ2v) is 5.06. The fraction of sp³-hybridized carbons (Fsp3) is 0.500. The Bertz CT molecular complexity index is 386. The largest absolute Gasteiger partial charge is 0.398 e. The van der Waals surface area contributed by atoms with Gasteiger partial charge in [-0.25, -0.2) is 0 Å². The van der Waals surface area contributed by atoms with Crippen molar-refractivity contribution in [1.29, 1.82) is 0 Å². The van der Waals surface area contributed by atoms with E-state index in [-0.39, 0.29) is 11.4 Å². The Morgan fingerprint density at radius 3 is 2.59 bits per heavy atom. The molecular formula is C14H22N2O. The van der Waals surface area contributed by atoms with E-state index in [0.717, 1.165) is 18.4 Å². The SMILES string of the molecule is CCCC(C)(C)NC(=O)Cc1ccccc1N. The standard InChI is InChI=1S/C14H22N2O/c1-4-9-14(2,3)16-13(17)10-11-7-5-6-8-12(11)15/h5-8H,4,9-10,15H2,1-3H3,(H,16,17). The molecule has 1 aromatic carbocycles. The Kier molecular flexibility index (Phi) is 4.55. The van der Waals surface area contributed by atoms with Gasteiger partial charge in [0.15, 0.2) is 0 Å². The highest BCUT2D eigenvalue weighted by molar-refractivity contribution is 5.80. The molecule has 0 saturated carbocycles. The summed E-state index contributed by atoms with van der Waals surface area (Å²) in [6.07, 6.45) is 2.38. The van der Waals surface area contributed by atoms with Gasteiger partial charge >= 0.3 is 0 Å². The van der Waals surface area contributed by atoms with Crippen LogP contribution in [0.15, 0.2) is 24.3 Å². The van der Waals surface area contributed by atoms with E-state index >= 15 is 0 Å². The number of para-hydroxylation sites is 1. The number of anilines is 1. The molecule has 94 valence electrons. The van der Waals surface area contributed by atoms with Crippen LogP contribution in [0.25, 0.3) is 0 Å². The van der Waals surface area contributed by atoms with Crippen molar-refractivity contribution < 1.29 is 4.79 Å². The highest BCUT2D eigenvalue weighted by Crippen LogP contribution is 2.14. The van der Waals surface area contributed by atoms with Crippen molar-refractivity contribution in [2.24, 2.45) is 0 Å². The summed E-state index contributed by atoms with van der Waals surface area (Å²) in [6, 6.07) is 7.48. The fourth-order valence-corrected chi connectivity index (χ4v) is 1.98. The lowest BCUT2D eigenvalue weighted by atomic mass is 9.98. The Labute approximate surface area is 103 Å². The summed E-state index contributed by atoms with van der Waals surface area (Å²) in [5.41, 5.74) is 7.23. The summed E-state index contributed by atoms with van der Waals surface area (Å²) < 4.78 is 0. The zero-order valence-electron chi connectivity index (χ0n) is 10.9. The molecule has 0 bridgehead atoms. The van der Waals surface area contributed by atoms with Gasteiger partial charge in [0, 0.05) is 11.2 Å². The molecule has 0 saturated heterocycles. The van der Waals surface area contributed by atoms with Gasteiger partial charge in [-0.05, 0) is 31.9 Å². The molecule has 0 unspecified atom stereocenters. The summed E-state index contributed by atoms with van der Waals surface area (Å²) in [7, 11) is 0. The van der Waals surface area contributed by atoms with E-state index < -0.39 is 0 Å². The minimum atomic E-state index is -0.143. The summed E-state index contributed by atoms with van der Waals surface area (Å²) in [5.74, 6) is 0.0290. The molecule has 0 aliphatic heterocycles. The van der Waals surface area contributed by atoms with Crippen molar-refractivity contribution in [3.63, 3.8) is 0 Å². The lowest BCUT2D eigenvalue weighted by Gasteiger charge is -2.25. The maximum atomic E-state index is 11.9. The zero-order chi connectivity index (χ0) is 12.9.